The van der Waals surface area contributed by atoms with Crippen molar-refractivity contribution >= 4 is 5.91 Å². The zero-order chi connectivity index (χ0) is 17.4. The van der Waals surface area contributed by atoms with Crippen LogP contribution in [0.4, 0.5) is 0 Å². The zero-order valence-electron chi connectivity index (χ0n) is 14.1. The first-order valence-electron chi connectivity index (χ1n) is 8.35. The molecule has 1 aliphatic carbocycles. The molecule has 1 N–H and O–H groups in total. The Morgan fingerprint density at radius 2 is 2.08 bits per heavy atom. The first-order chi connectivity index (χ1) is 12.1. The lowest BCUT2D eigenvalue weighted by Gasteiger charge is -2.09. The maximum Gasteiger partial charge on any atom is 0.270 e. The molecule has 25 heavy (non-hydrogen) atoms. The Hall–Kier alpha value is -2.96. The van der Waals surface area contributed by atoms with E-state index in [4.69, 9.17) is 4.52 Å². The lowest BCUT2D eigenvalue weighted by molar-refractivity contribution is 0.0923. The van der Waals surface area contributed by atoms with Crippen molar-refractivity contribution in [3.63, 3.8) is 0 Å². The Labute approximate surface area is 145 Å². The van der Waals surface area contributed by atoms with Gasteiger partial charge in [-0.25, -0.2) is 0 Å². The number of amides is 1. The van der Waals surface area contributed by atoms with Gasteiger partial charge in [-0.3, -0.25) is 9.48 Å². The van der Waals surface area contributed by atoms with Crippen molar-refractivity contribution in [1.82, 2.24) is 25.2 Å². The van der Waals surface area contributed by atoms with Crippen LogP contribution in [0.5, 0.6) is 0 Å². The standard InChI is InChI=1S/C18H19N5O2/c1-11(18-20-16(22-25-18)13-6-4-3-5-7-13)19-17(24)15-10-14(12-8-9-12)21-23(15)2/h3-7,10-12H,8-9H2,1-2H3,(H,19,24). The number of carbonyl (C=O) groups excluding carboxylic acids is 1. The van der Waals surface area contributed by atoms with Gasteiger partial charge in [0, 0.05) is 18.5 Å². The molecule has 1 saturated carbocycles. The van der Waals surface area contributed by atoms with Crippen LogP contribution in [0.25, 0.3) is 11.4 Å². The van der Waals surface area contributed by atoms with E-state index in [-0.39, 0.29) is 5.91 Å². The minimum absolute atomic E-state index is 0.200. The molecular weight excluding hydrogens is 318 g/mol. The molecule has 2 aromatic heterocycles. The Bertz CT molecular complexity index is 895. The number of aromatic nitrogens is 4. The number of rotatable bonds is 5. The van der Waals surface area contributed by atoms with Gasteiger partial charge in [0.15, 0.2) is 0 Å². The van der Waals surface area contributed by atoms with Crippen molar-refractivity contribution in [2.24, 2.45) is 7.05 Å². The van der Waals surface area contributed by atoms with Crippen LogP contribution in [-0.4, -0.2) is 25.8 Å². The molecule has 3 aromatic rings. The van der Waals surface area contributed by atoms with Gasteiger partial charge in [-0.05, 0) is 25.8 Å². The average Bonchev–Trinajstić information content (AvgIpc) is 3.21. The molecule has 128 valence electrons. The molecule has 0 aliphatic heterocycles. The van der Waals surface area contributed by atoms with Crippen LogP contribution in [0.3, 0.4) is 0 Å². The molecule has 7 heteroatoms. The van der Waals surface area contributed by atoms with Crippen molar-refractivity contribution < 1.29 is 9.32 Å². The van der Waals surface area contributed by atoms with Crippen LogP contribution in [-0.2, 0) is 7.05 Å². The van der Waals surface area contributed by atoms with E-state index in [9.17, 15) is 4.79 Å². The summed E-state index contributed by atoms with van der Waals surface area (Å²) in [6.07, 6.45) is 2.30. The molecule has 4 rings (SSSR count). The predicted molar refractivity (Wildman–Crippen MR) is 90.8 cm³/mol. The van der Waals surface area contributed by atoms with Crippen molar-refractivity contribution in [2.45, 2.75) is 31.7 Å². The van der Waals surface area contributed by atoms with Gasteiger partial charge in [0.25, 0.3) is 5.91 Å². The van der Waals surface area contributed by atoms with Gasteiger partial charge in [0.05, 0.1) is 5.69 Å². The van der Waals surface area contributed by atoms with E-state index in [0.29, 0.717) is 23.3 Å². The molecule has 1 aromatic carbocycles. The number of aryl methyl sites for hydroxylation is 1. The second-order valence-corrected chi connectivity index (χ2v) is 6.37. The van der Waals surface area contributed by atoms with Gasteiger partial charge in [-0.1, -0.05) is 35.5 Å². The Morgan fingerprint density at radius 3 is 2.80 bits per heavy atom. The quantitative estimate of drug-likeness (QED) is 0.774. The van der Waals surface area contributed by atoms with Crippen LogP contribution in [0, 0.1) is 0 Å². The van der Waals surface area contributed by atoms with Gasteiger partial charge < -0.3 is 9.84 Å². The number of carbonyl (C=O) groups is 1. The lowest BCUT2D eigenvalue weighted by atomic mass is 10.2. The average molecular weight is 337 g/mol. The first-order valence-corrected chi connectivity index (χ1v) is 8.35. The normalized spacial score (nSPS) is 15.1. The van der Waals surface area contributed by atoms with E-state index in [2.05, 4.69) is 20.6 Å². The number of nitrogens with one attached hydrogen (secondary N) is 1. The minimum Gasteiger partial charge on any atom is -0.339 e. The number of nitrogens with zero attached hydrogens (tertiary/aromatic N) is 4. The van der Waals surface area contributed by atoms with E-state index in [1.807, 2.05) is 43.3 Å². The van der Waals surface area contributed by atoms with E-state index in [1.165, 1.54) is 0 Å². The fraction of sp³-hybridized carbons (Fsp3) is 0.333. The van der Waals surface area contributed by atoms with Crippen LogP contribution >= 0.6 is 0 Å². The third-order valence-corrected chi connectivity index (χ3v) is 4.32. The molecule has 2 heterocycles. The summed E-state index contributed by atoms with van der Waals surface area (Å²) in [4.78, 5) is 16.9. The lowest BCUT2D eigenvalue weighted by Crippen LogP contribution is -2.28. The maximum absolute atomic E-state index is 12.5. The smallest absolute Gasteiger partial charge is 0.270 e. The predicted octanol–water partition coefficient (Wildman–Crippen LogP) is 2.84. The highest BCUT2D eigenvalue weighted by Crippen LogP contribution is 2.39. The molecule has 1 unspecified atom stereocenters. The summed E-state index contributed by atoms with van der Waals surface area (Å²) in [6.45, 7) is 1.82. The van der Waals surface area contributed by atoms with Crippen molar-refractivity contribution in [3.05, 3.63) is 53.7 Å². The number of benzene rings is 1. The van der Waals surface area contributed by atoms with Gasteiger partial charge in [-0.15, -0.1) is 0 Å². The topological polar surface area (TPSA) is 85.8 Å². The number of hydrogen-bond donors (Lipinski definition) is 1. The summed E-state index contributed by atoms with van der Waals surface area (Å²) >= 11 is 0. The Balaban J connectivity index is 1.47. The highest BCUT2D eigenvalue weighted by Gasteiger charge is 2.28. The molecule has 0 radical (unpaired) electrons. The highest BCUT2D eigenvalue weighted by atomic mass is 16.5. The van der Waals surface area contributed by atoms with Gasteiger partial charge in [-0.2, -0.15) is 10.1 Å². The summed E-state index contributed by atoms with van der Waals surface area (Å²) in [5.74, 6) is 1.19. The van der Waals surface area contributed by atoms with E-state index < -0.39 is 6.04 Å². The monoisotopic (exact) mass is 337 g/mol. The van der Waals surface area contributed by atoms with Crippen LogP contribution < -0.4 is 5.32 Å². The summed E-state index contributed by atoms with van der Waals surface area (Å²) in [5.41, 5.74) is 2.40. The summed E-state index contributed by atoms with van der Waals surface area (Å²) in [6, 6.07) is 11.0. The third-order valence-electron chi connectivity index (χ3n) is 4.32. The largest absolute Gasteiger partial charge is 0.339 e. The molecule has 1 aliphatic rings. The highest BCUT2D eigenvalue weighted by molar-refractivity contribution is 5.92. The maximum atomic E-state index is 12.5. The van der Waals surface area contributed by atoms with Crippen LogP contribution in [0.2, 0.25) is 0 Å². The molecule has 1 amide bonds. The van der Waals surface area contributed by atoms with Crippen molar-refractivity contribution in [1.29, 1.82) is 0 Å². The molecular formula is C18H19N5O2. The molecule has 0 saturated heterocycles. The fourth-order valence-corrected chi connectivity index (χ4v) is 2.73. The van der Waals surface area contributed by atoms with Crippen LogP contribution in [0.1, 0.15) is 53.8 Å². The van der Waals surface area contributed by atoms with Gasteiger partial charge in [0.2, 0.25) is 11.7 Å². The minimum atomic E-state index is -0.392. The first kappa shape index (κ1) is 15.6. The van der Waals surface area contributed by atoms with E-state index in [0.717, 1.165) is 24.1 Å². The molecule has 7 nitrogen and oxygen atoms in total. The second kappa shape index (κ2) is 6.16. The van der Waals surface area contributed by atoms with Crippen molar-refractivity contribution in [2.75, 3.05) is 0 Å². The zero-order valence-corrected chi connectivity index (χ0v) is 14.1. The summed E-state index contributed by atoms with van der Waals surface area (Å²) in [5, 5.41) is 11.3. The summed E-state index contributed by atoms with van der Waals surface area (Å²) < 4.78 is 6.93. The number of hydrogen-bond acceptors (Lipinski definition) is 5. The second-order valence-electron chi connectivity index (χ2n) is 6.37. The summed E-state index contributed by atoms with van der Waals surface area (Å²) in [7, 11) is 1.78. The molecule has 0 spiro atoms. The molecule has 1 atom stereocenters. The van der Waals surface area contributed by atoms with Crippen molar-refractivity contribution in [3.8, 4) is 11.4 Å². The van der Waals surface area contributed by atoms with Gasteiger partial charge in [0.1, 0.15) is 11.7 Å². The fourth-order valence-electron chi connectivity index (χ4n) is 2.73. The molecule has 1 fully saturated rings. The SMILES string of the molecule is CC(NC(=O)c1cc(C2CC2)nn1C)c1nc(-c2ccccc2)no1. The molecule has 0 bridgehead atoms. The van der Waals surface area contributed by atoms with E-state index >= 15 is 0 Å². The Kier molecular flexibility index (Phi) is 3.83. The van der Waals surface area contributed by atoms with Crippen LogP contribution in [0.15, 0.2) is 40.9 Å². The third kappa shape index (κ3) is 3.17. The van der Waals surface area contributed by atoms with Gasteiger partial charge >= 0.3 is 0 Å². The Morgan fingerprint density at radius 1 is 1.32 bits per heavy atom. The van der Waals surface area contributed by atoms with E-state index in [1.54, 1.807) is 11.7 Å².